The molecule has 0 bridgehead atoms. The summed E-state index contributed by atoms with van der Waals surface area (Å²) in [6, 6.07) is 1.14. The third-order valence-electron chi connectivity index (χ3n) is 1.01. The van der Waals surface area contributed by atoms with Crippen molar-refractivity contribution in [2.75, 3.05) is 0 Å². The van der Waals surface area contributed by atoms with Gasteiger partial charge in [-0.3, -0.25) is 0 Å². The minimum absolute atomic E-state index is 0.523. The normalized spacial score (nSPS) is 12.0. The second kappa shape index (κ2) is 2.27. The van der Waals surface area contributed by atoms with Crippen LogP contribution >= 0.6 is 11.3 Å². The topological polar surface area (TPSA) is 0 Å². The summed E-state index contributed by atoms with van der Waals surface area (Å²) in [6.45, 7) is 1.64. The molecule has 0 saturated heterocycles. The highest BCUT2D eigenvalue weighted by Crippen LogP contribution is 2.33. The molecule has 0 radical (unpaired) electrons. The first-order valence-corrected chi connectivity index (χ1v) is 3.50. The Kier molecular flexibility index (Phi) is 1.72. The zero-order valence-corrected chi connectivity index (χ0v) is 6.01. The van der Waals surface area contributed by atoms with Crippen molar-refractivity contribution < 1.29 is 13.2 Å². The molecule has 0 aliphatic rings. The molecule has 1 rings (SSSR count). The van der Waals surface area contributed by atoms with Gasteiger partial charge in [0.2, 0.25) is 0 Å². The van der Waals surface area contributed by atoms with E-state index in [-0.39, 0.29) is 0 Å². The standard InChI is InChI=1S/C6H5F3S/c1-4-2-5(10-3-4)6(7,8)9/h2-3H,1H3. The van der Waals surface area contributed by atoms with E-state index in [9.17, 15) is 13.2 Å². The Hall–Kier alpha value is -0.510. The maximum Gasteiger partial charge on any atom is 0.425 e. The minimum atomic E-state index is -4.17. The number of rotatable bonds is 0. The molecular formula is C6H5F3S. The molecule has 0 aliphatic heterocycles. The van der Waals surface area contributed by atoms with Gasteiger partial charge in [-0.25, -0.2) is 0 Å². The van der Waals surface area contributed by atoms with Gasteiger partial charge in [0.15, 0.2) is 0 Å². The smallest absolute Gasteiger partial charge is 0.165 e. The minimum Gasteiger partial charge on any atom is -0.165 e. The fraction of sp³-hybridized carbons (Fsp3) is 0.333. The van der Waals surface area contributed by atoms with Crippen LogP contribution in [0.2, 0.25) is 0 Å². The molecule has 0 nitrogen and oxygen atoms in total. The summed E-state index contributed by atoms with van der Waals surface area (Å²) in [5, 5.41) is 1.49. The molecule has 0 amide bonds. The molecular weight excluding hydrogens is 161 g/mol. The van der Waals surface area contributed by atoms with E-state index in [1.54, 1.807) is 6.92 Å². The van der Waals surface area contributed by atoms with Gasteiger partial charge in [-0.1, -0.05) is 0 Å². The van der Waals surface area contributed by atoms with Crippen molar-refractivity contribution in [3.63, 3.8) is 0 Å². The lowest BCUT2D eigenvalue weighted by Crippen LogP contribution is -2.00. The second-order valence-corrected chi connectivity index (χ2v) is 2.90. The fourth-order valence-corrected chi connectivity index (χ4v) is 1.35. The SMILES string of the molecule is Cc1csc(C(F)(F)F)c1. The fourth-order valence-electron chi connectivity index (χ4n) is 0.580. The van der Waals surface area contributed by atoms with Crippen LogP contribution in [0.25, 0.3) is 0 Å². The van der Waals surface area contributed by atoms with Crippen LogP contribution in [0.5, 0.6) is 0 Å². The first-order valence-electron chi connectivity index (χ1n) is 2.62. The second-order valence-electron chi connectivity index (χ2n) is 1.99. The maximum absolute atomic E-state index is 11.8. The van der Waals surface area contributed by atoms with Gasteiger partial charge in [0.05, 0.1) is 0 Å². The zero-order chi connectivity index (χ0) is 7.78. The number of thiophene rings is 1. The Labute approximate surface area is 60.3 Å². The van der Waals surface area contributed by atoms with Crippen LogP contribution in [0.15, 0.2) is 11.4 Å². The molecule has 1 aromatic rings. The van der Waals surface area contributed by atoms with Gasteiger partial charge in [-0.05, 0) is 23.9 Å². The van der Waals surface area contributed by atoms with Crippen LogP contribution in [0.1, 0.15) is 10.4 Å². The van der Waals surface area contributed by atoms with Gasteiger partial charge in [0.1, 0.15) is 4.88 Å². The summed E-state index contributed by atoms with van der Waals surface area (Å²) in [5.41, 5.74) is 0.664. The predicted molar refractivity (Wildman–Crippen MR) is 34.1 cm³/mol. The van der Waals surface area contributed by atoms with Crippen molar-refractivity contribution in [1.82, 2.24) is 0 Å². The van der Waals surface area contributed by atoms with E-state index in [0.717, 1.165) is 17.4 Å². The lowest BCUT2D eigenvalue weighted by Gasteiger charge is -1.99. The highest BCUT2D eigenvalue weighted by Gasteiger charge is 2.31. The highest BCUT2D eigenvalue weighted by molar-refractivity contribution is 7.10. The summed E-state index contributed by atoms with van der Waals surface area (Å²) in [5.74, 6) is 0. The quantitative estimate of drug-likeness (QED) is 0.555. The molecule has 0 aliphatic carbocycles. The van der Waals surface area contributed by atoms with E-state index in [1.807, 2.05) is 0 Å². The lowest BCUT2D eigenvalue weighted by atomic mass is 10.3. The molecule has 10 heavy (non-hydrogen) atoms. The van der Waals surface area contributed by atoms with Gasteiger partial charge in [0.25, 0.3) is 0 Å². The Morgan fingerprint density at radius 3 is 2.20 bits per heavy atom. The monoisotopic (exact) mass is 166 g/mol. The number of halogens is 3. The van der Waals surface area contributed by atoms with Gasteiger partial charge in [-0.15, -0.1) is 11.3 Å². The molecule has 4 heteroatoms. The average molecular weight is 166 g/mol. The molecule has 0 aromatic carbocycles. The Bertz CT molecular complexity index is 223. The number of hydrogen-bond acceptors (Lipinski definition) is 1. The van der Waals surface area contributed by atoms with Crippen LogP contribution in [0, 0.1) is 6.92 Å². The number of hydrogen-bond donors (Lipinski definition) is 0. The Morgan fingerprint density at radius 1 is 1.40 bits per heavy atom. The maximum atomic E-state index is 11.8. The number of alkyl halides is 3. The van der Waals surface area contributed by atoms with E-state index in [4.69, 9.17) is 0 Å². The summed E-state index contributed by atoms with van der Waals surface area (Å²) in [4.78, 5) is -0.523. The highest BCUT2D eigenvalue weighted by atomic mass is 32.1. The van der Waals surface area contributed by atoms with E-state index in [0.29, 0.717) is 5.56 Å². The van der Waals surface area contributed by atoms with Gasteiger partial charge in [0, 0.05) is 0 Å². The van der Waals surface area contributed by atoms with Crippen molar-refractivity contribution >= 4 is 11.3 Å². The molecule has 0 atom stereocenters. The summed E-state index contributed by atoms with van der Waals surface area (Å²) in [7, 11) is 0. The Balaban J connectivity index is 2.96. The number of aryl methyl sites for hydroxylation is 1. The van der Waals surface area contributed by atoms with Gasteiger partial charge < -0.3 is 0 Å². The average Bonchev–Trinajstić information content (AvgIpc) is 2.11. The van der Waals surface area contributed by atoms with Gasteiger partial charge >= 0.3 is 6.18 Å². The molecule has 56 valence electrons. The van der Waals surface area contributed by atoms with Crippen molar-refractivity contribution in [2.24, 2.45) is 0 Å². The molecule has 0 spiro atoms. The van der Waals surface area contributed by atoms with E-state index in [1.165, 1.54) is 5.38 Å². The van der Waals surface area contributed by atoms with Crippen molar-refractivity contribution in [1.29, 1.82) is 0 Å². The molecule has 1 aromatic heterocycles. The van der Waals surface area contributed by atoms with Crippen LogP contribution in [-0.4, -0.2) is 0 Å². The molecule has 0 fully saturated rings. The Morgan fingerprint density at radius 2 is 2.00 bits per heavy atom. The summed E-state index contributed by atoms with van der Waals surface area (Å²) >= 11 is 0.731. The molecule has 0 unspecified atom stereocenters. The van der Waals surface area contributed by atoms with E-state index >= 15 is 0 Å². The van der Waals surface area contributed by atoms with Crippen molar-refractivity contribution in [2.45, 2.75) is 13.1 Å². The third-order valence-corrected chi connectivity index (χ3v) is 2.10. The molecule has 0 N–H and O–H groups in total. The first-order chi connectivity index (χ1) is 4.50. The van der Waals surface area contributed by atoms with Crippen LogP contribution in [-0.2, 0) is 6.18 Å². The van der Waals surface area contributed by atoms with Crippen molar-refractivity contribution in [3.8, 4) is 0 Å². The molecule has 1 heterocycles. The third kappa shape index (κ3) is 1.50. The largest absolute Gasteiger partial charge is 0.425 e. The van der Waals surface area contributed by atoms with E-state index in [2.05, 4.69) is 0 Å². The van der Waals surface area contributed by atoms with Crippen LogP contribution < -0.4 is 0 Å². The summed E-state index contributed by atoms with van der Waals surface area (Å²) < 4.78 is 35.4. The summed E-state index contributed by atoms with van der Waals surface area (Å²) in [6.07, 6.45) is -4.17. The molecule has 0 saturated carbocycles. The van der Waals surface area contributed by atoms with Crippen LogP contribution in [0.4, 0.5) is 13.2 Å². The lowest BCUT2D eigenvalue weighted by molar-refractivity contribution is -0.134. The van der Waals surface area contributed by atoms with Crippen molar-refractivity contribution in [3.05, 3.63) is 21.9 Å². The van der Waals surface area contributed by atoms with Crippen LogP contribution in [0.3, 0.4) is 0 Å². The van der Waals surface area contributed by atoms with Gasteiger partial charge in [-0.2, -0.15) is 13.2 Å². The zero-order valence-electron chi connectivity index (χ0n) is 5.20. The van der Waals surface area contributed by atoms with E-state index < -0.39 is 11.1 Å². The first kappa shape index (κ1) is 7.60. The predicted octanol–water partition coefficient (Wildman–Crippen LogP) is 3.08.